The van der Waals surface area contributed by atoms with Gasteiger partial charge in [-0.1, -0.05) is 0 Å². The molecular weight excluding hydrogens is 174 g/mol. The highest BCUT2D eigenvalue weighted by atomic mass is 32.2. The van der Waals surface area contributed by atoms with Crippen molar-refractivity contribution in [3.05, 3.63) is 17.0 Å². The average molecular weight is 187 g/mol. The van der Waals surface area contributed by atoms with Crippen molar-refractivity contribution < 1.29 is 0 Å². The van der Waals surface area contributed by atoms with Gasteiger partial charge >= 0.3 is 0 Å². The van der Waals surface area contributed by atoms with Gasteiger partial charge in [0.1, 0.15) is 0 Å². The molecule has 0 spiro atoms. The molecule has 0 aliphatic carbocycles. The smallest absolute Gasteiger partial charge is 0.0628 e. The molecule has 0 bridgehead atoms. The van der Waals surface area contributed by atoms with E-state index in [1.165, 1.54) is 9.77 Å². The average Bonchev–Trinajstić information content (AvgIpc) is 2.34. The molecule has 11 heavy (non-hydrogen) atoms. The second-order valence-corrected chi connectivity index (χ2v) is 4.61. The summed E-state index contributed by atoms with van der Waals surface area (Å²) in [5, 5.41) is 2.13. The minimum atomic E-state index is 0.274. The Balaban J connectivity index is 2.68. The summed E-state index contributed by atoms with van der Waals surface area (Å²) in [6.07, 6.45) is 3.11. The SMILES string of the molecule is CSc1sccc1CC(C)N. The van der Waals surface area contributed by atoms with Crippen molar-refractivity contribution in [3.63, 3.8) is 0 Å². The molecule has 0 aromatic carbocycles. The first-order valence-corrected chi connectivity index (χ1v) is 5.70. The van der Waals surface area contributed by atoms with E-state index < -0.39 is 0 Å². The summed E-state index contributed by atoms with van der Waals surface area (Å²) in [7, 11) is 0. The predicted octanol–water partition coefficient (Wildman–Crippen LogP) is 2.36. The van der Waals surface area contributed by atoms with Gasteiger partial charge in [0.15, 0.2) is 0 Å². The van der Waals surface area contributed by atoms with E-state index in [-0.39, 0.29) is 6.04 Å². The Morgan fingerprint density at radius 2 is 2.45 bits per heavy atom. The fraction of sp³-hybridized carbons (Fsp3) is 0.500. The molecule has 1 aromatic rings. The van der Waals surface area contributed by atoms with Crippen LogP contribution in [0.1, 0.15) is 12.5 Å². The van der Waals surface area contributed by atoms with Gasteiger partial charge in [0.25, 0.3) is 0 Å². The molecule has 0 aliphatic heterocycles. The molecule has 2 N–H and O–H groups in total. The zero-order valence-electron chi connectivity index (χ0n) is 6.83. The van der Waals surface area contributed by atoms with Crippen molar-refractivity contribution in [1.82, 2.24) is 0 Å². The van der Waals surface area contributed by atoms with Crippen LogP contribution in [-0.4, -0.2) is 12.3 Å². The van der Waals surface area contributed by atoms with Crippen LogP contribution >= 0.6 is 23.1 Å². The van der Waals surface area contributed by atoms with Crippen LogP contribution in [0.15, 0.2) is 15.7 Å². The molecule has 0 fully saturated rings. The van der Waals surface area contributed by atoms with Gasteiger partial charge in [0.05, 0.1) is 4.21 Å². The normalized spacial score (nSPS) is 13.4. The van der Waals surface area contributed by atoms with Crippen LogP contribution < -0.4 is 5.73 Å². The van der Waals surface area contributed by atoms with Gasteiger partial charge in [-0.3, -0.25) is 0 Å². The highest BCUT2D eigenvalue weighted by molar-refractivity contribution is 8.00. The number of hydrogen-bond donors (Lipinski definition) is 1. The third kappa shape index (κ3) is 2.51. The van der Waals surface area contributed by atoms with Crippen LogP contribution in [0.5, 0.6) is 0 Å². The predicted molar refractivity (Wildman–Crippen MR) is 53.5 cm³/mol. The first-order valence-electron chi connectivity index (χ1n) is 3.60. The van der Waals surface area contributed by atoms with Gasteiger partial charge < -0.3 is 5.73 Å². The summed E-state index contributed by atoms with van der Waals surface area (Å²) < 4.78 is 1.40. The maximum atomic E-state index is 5.70. The molecule has 1 heterocycles. The van der Waals surface area contributed by atoms with E-state index in [1.54, 1.807) is 11.3 Å². The molecule has 3 heteroatoms. The lowest BCUT2D eigenvalue weighted by Gasteiger charge is -2.03. The Morgan fingerprint density at radius 1 is 1.73 bits per heavy atom. The summed E-state index contributed by atoms with van der Waals surface area (Å²) in [6, 6.07) is 2.44. The maximum absolute atomic E-state index is 5.70. The van der Waals surface area contributed by atoms with Gasteiger partial charge in [-0.25, -0.2) is 0 Å². The van der Waals surface area contributed by atoms with Crippen molar-refractivity contribution in [1.29, 1.82) is 0 Å². The Labute approximate surface area is 76.0 Å². The number of nitrogens with two attached hydrogens (primary N) is 1. The number of hydrogen-bond acceptors (Lipinski definition) is 3. The van der Waals surface area contributed by atoms with Gasteiger partial charge in [0, 0.05) is 6.04 Å². The Hall–Kier alpha value is 0.01000. The van der Waals surface area contributed by atoms with Gasteiger partial charge in [-0.2, -0.15) is 0 Å². The van der Waals surface area contributed by atoms with Crippen LogP contribution in [0.4, 0.5) is 0 Å². The number of rotatable bonds is 3. The van der Waals surface area contributed by atoms with Crippen LogP contribution in [-0.2, 0) is 6.42 Å². The molecule has 0 saturated carbocycles. The summed E-state index contributed by atoms with van der Waals surface area (Å²) in [6.45, 7) is 2.04. The molecule has 1 unspecified atom stereocenters. The first-order chi connectivity index (χ1) is 5.24. The zero-order valence-corrected chi connectivity index (χ0v) is 8.47. The summed E-state index contributed by atoms with van der Waals surface area (Å²) in [4.78, 5) is 0. The Morgan fingerprint density at radius 3 is 3.00 bits per heavy atom. The van der Waals surface area contributed by atoms with Crippen molar-refractivity contribution >= 4 is 23.1 Å². The maximum Gasteiger partial charge on any atom is 0.0628 e. The standard InChI is InChI=1S/C8H13NS2/c1-6(9)5-7-3-4-11-8(7)10-2/h3-4,6H,5,9H2,1-2H3. The van der Waals surface area contributed by atoms with E-state index in [9.17, 15) is 0 Å². The van der Waals surface area contributed by atoms with E-state index in [0.29, 0.717) is 0 Å². The molecule has 62 valence electrons. The van der Waals surface area contributed by atoms with E-state index in [1.807, 2.05) is 18.7 Å². The van der Waals surface area contributed by atoms with Crippen LogP contribution in [0.3, 0.4) is 0 Å². The zero-order chi connectivity index (χ0) is 8.27. The van der Waals surface area contributed by atoms with Crippen molar-refractivity contribution in [3.8, 4) is 0 Å². The van der Waals surface area contributed by atoms with Crippen LogP contribution in [0, 0.1) is 0 Å². The first kappa shape index (κ1) is 9.10. The fourth-order valence-electron chi connectivity index (χ4n) is 0.999. The van der Waals surface area contributed by atoms with Crippen molar-refractivity contribution in [2.45, 2.75) is 23.6 Å². The Bertz CT molecular complexity index is 218. The van der Waals surface area contributed by atoms with E-state index in [0.717, 1.165) is 6.42 Å². The molecule has 1 nitrogen and oxygen atoms in total. The van der Waals surface area contributed by atoms with E-state index in [4.69, 9.17) is 5.73 Å². The summed E-state index contributed by atoms with van der Waals surface area (Å²) in [5.74, 6) is 0. The molecule has 1 aromatic heterocycles. The fourth-order valence-corrected chi connectivity index (χ4v) is 2.62. The molecular formula is C8H13NS2. The second kappa shape index (κ2) is 4.14. The van der Waals surface area contributed by atoms with Crippen molar-refractivity contribution in [2.24, 2.45) is 5.73 Å². The monoisotopic (exact) mass is 187 g/mol. The highest BCUT2D eigenvalue weighted by Crippen LogP contribution is 2.27. The summed E-state index contributed by atoms with van der Waals surface area (Å²) >= 11 is 3.61. The van der Waals surface area contributed by atoms with E-state index in [2.05, 4.69) is 17.7 Å². The number of thiophene rings is 1. The van der Waals surface area contributed by atoms with Crippen molar-refractivity contribution in [2.75, 3.05) is 6.26 Å². The number of thioether (sulfide) groups is 1. The molecule has 0 amide bonds. The quantitative estimate of drug-likeness (QED) is 0.735. The highest BCUT2D eigenvalue weighted by Gasteiger charge is 2.04. The molecule has 0 radical (unpaired) electrons. The van der Waals surface area contributed by atoms with Gasteiger partial charge in [-0.05, 0) is 36.6 Å². The third-order valence-corrected chi connectivity index (χ3v) is 3.60. The Kier molecular flexibility index (Phi) is 3.43. The van der Waals surface area contributed by atoms with Gasteiger partial charge in [-0.15, -0.1) is 23.1 Å². The minimum absolute atomic E-state index is 0.274. The molecule has 1 atom stereocenters. The van der Waals surface area contributed by atoms with Crippen LogP contribution in [0.2, 0.25) is 0 Å². The molecule has 0 aliphatic rings. The topological polar surface area (TPSA) is 26.0 Å². The minimum Gasteiger partial charge on any atom is -0.328 e. The lowest BCUT2D eigenvalue weighted by molar-refractivity contribution is 0.733. The summed E-state index contributed by atoms with van der Waals surface area (Å²) in [5.41, 5.74) is 7.10. The lowest BCUT2D eigenvalue weighted by atomic mass is 10.1. The molecule has 1 rings (SSSR count). The largest absolute Gasteiger partial charge is 0.328 e. The van der Waals surface area contributed by atoms with E-state index >= 15 is 0 Å². The third-order valence-electron chi connectivity index (χ3n) is 1.43. The van der Waals surface area contributed by atoms with Crippen LogP contribution in [0.25, 0.3) is 0 Å². The van der Waals surface area contributed by atoms with Gasteiger partial charge in [0.2, 0.25) is 0 Å². The second-order valence-electron chi connectivity index (χ2n) is 2.62. The lowest BCUT2D eigenvalue weighted by Crippen LogP contribution is -2.17. The molecule has 0 saturated heterocycles.